The summed E-state index contributed by atoms with van der Waals surface area (Å²) < 4.78 is 9.59. The summed E-state index contributed by atoms with van der Waals surface area (Å²) in [5.41, 5.74) is 0. The summed E-state index contributed by atoms with van der Waals surface area (Å²) in [6.45, 7) is 3.45. The van der Waals surface area contributed by atoms with Gasteiger partial charge in [0.15, 0.2) is 5.82 Å². The van der Waals surface area contributed by atoms with Crippen LogP contribution in [0.4, 0.5) is 0 Å². The number of aryl methyl sites for hydroxylation is 1. The molecule has 0 radical (unpaired) electrons. The summed E-state index contributed by atoms with van der Waals surface area (Å²) >= 11 is 0. The number of amides is 1. The molecule has 0 atom stereocenters. The first-order chi connectivity index (χ1) is 7.72. The first kappa shape index (κ1) is 12.6. The lowest BCUT2D eigenvalue weighted by Crippen LogP contribution is -2.35. The van der Waals surface area contributed by atoms with Crippen LogP contribution in [0.3, 0.4) is 0 Å². The Labute approximate surface area is 93.5 Å². The van der Waals surface area contributed by atoms with Gasteiger partial charge in [0.05, 0.1) is 19.7 Å². The van der Waals surface area contributed by atoms with E-state index in [1.165, 1.54) is 0 Å². The number of carbonyl (C=O) groups is 1. The molecule has 1 amide bonds. The number of methoxy groups -OCH3 is 1. The molecule has 0 aliphatic carbocycles. The summed E-state index contributed by atoms with van der Waals surface area (Å²) in [7, 11) is 1.61. The van der Waals surface area contributed by atoms with Gasteiger partial charge in [-0.05, 0) is 0 Å². The Morgan fingerprint density at radius 2 is 2.38 bits per heavy atom. The van der Waals surface area contributed by atoms with Gasteiger partial charge < -0.3 is 19.9 Å². The predicted octanol–water partition coefficient (Wildman–Crippen LogP) is -0.770. The van der Waals surface area contributed by atoms with E-state index < -0.39 is 0 Å². The molecule has 0 fully saturated rings. The van der Waals surface area contributed by atoms with Gasteiger partial charge in [-0.25, -0.2) is 0 Å². The van der Waals surface area contributed by atoms with E-state index in [9.17, 15) is 4.79 Å². The molecule has 0 aliphatic rings. The monoisotopic (exact) mass is 228 g/mol. The van der Waals surface area contributed by atoms with Crippen LogP contribution in [0.15, 0.2) is 4.52 Å². The van der Waals surface area contributed by atoms with Gasteiger partial charge in [0.1, 0.15) is 0 Å². The van der Waals surface area contributed by atoms with Crippen molar-refractivity contribution in [3.05, 3.63) is 11.7 Å². The maximum atomic E-state index is 11.3. The molecule has 0 aromatic carbocycles. The van der Waals surface area contributed by atoms with Crippen LogP contribution in [-0.4, -0.2) is 42.9 Å². The van der Waals surface area contributed by atoms with Gasteiger partial charge in [-0.15, -0.1) is 0 Å². The van der Waals surface area contributed by atoms with Gasteiger partial charge in [-0.1, -0.05) is 5.16 Å². The molecule has 1 aromatic rings. The SMILES string of the molecule is COCCNCC(=O)NCc1noc(C)n1. The Bertz CT molecular complexity index is 326. The van der Waals surface area contributed by atoms with E-state index in [0.717, 1.165) is 0 Å². The van der Waals surface area contributed by atoms with Crippen LogP contribution in [0.1, 0.15) is 11.7 Å². The lowest BCUT2D eigenvalue weighted by Gasteiger charge is -2.04. The lowest BCUT2D eigenvalue weighted by molar-refractivity contribution is -0.120. The number of hydrogen-bond donors (Lipinski definition) is 2. The third-order valence-electron chi connectivity index (χ3n) is 1.78. The Morgan fingerprint density at radius 3 is 3.00 bits per heavy atom. The highest BCUT2D eigenvalue weighted by Gasteiger charge is 2.04. The van der Waals surface area contributed by atoms with Gasteiger partial charge in [-0.3, -0.25) is 4.79 Å². The highest BCUT2D eigenvalue weighted by molar-refractivity contribution is 5.77. The summed E-state index contributed by atoms with van der Waals surface area (Å²) in [5.74, 6) is 0.851. The van der Waals surface area contributed by atoms with Crippen molar-refractivity contribution < 1.29 is 14.1 Å². The number of nitrogens with one attached hydrogen (secondary N) is 2. The van der Waals surface area contributed by atoms with Gasteiger partial charge in [0.2, 0.25) is 11.8 Å². The number of ether oxygens (including phenoxy) is 1. The summed E-state index contributed by atoms with van der Waals surface area (Å²) in [6, 6.07) is 0. The minimum Gasteiger partial charge on any atom is -0.383 e. The van der Waals surface area contributed by atoms with Crippen LogP contribution in [0.25, 0.3) is 0 Å². The second kappa shape index (κ2) is 6.91. The van der Waals surface area contributed by atoms with Crippen molar-refractivity contribution in [2.45, 2.75) is 13.5 Å². The first-order valence-corrected chi connectivity index (χ1v) is 4.98. The quantitative estimate of drug-likeness (QED) is 0.596. The minimum absolute atomic E-state index is 0.112. The molecule has 0 unspecified atom stereocenters. The number of nitrogens with zero attached hydrogens (tertiary/aromatic N) is 2. The zero-order chi connectivity index (χ0) is 11.8. The Morgan fingerprint density at radius 1 is 1.56 bits per heavy atom. The standard InChI is InChI=1S/C9H16N4O3/c1-7-12-8(13-16-7)5-11-9(14)6-10-3-4-15-2/h10H,3-6H2,1-2H3,(H,11,14). The first-order valence-electron chi connectivity index (χ1n) is 4.98. The average Bonchev–Trinajstić information content (AvgIpc) is 2.68. The third-order valence-corrected chi connectivity index (χ3v) is 1.78. The maximum Gasteiger partial charge on any atom is 0.234 e. The number of carbonyl (C=O) groups excluding carboxylic acids is 1. The fraction of sp³-hybridized carbons (Fsp3) is 0.667. The van der Waals surface area contributed by atoms with Crippen LogP contribution < -0.4 is 10.6 Å². The number of aromatic nitrogens is 2. The van der Waals surface area contributed by atoms with Crippen LogP contribution in [0, 0.1) is 6.92 Å². The van der Waals surface area contributed by atoms with Crippen molar-refractivity contribution in [2.75, 3.05) is 26.8 Å². The molecule has 7 nitrogen and oxygen atoms in total. The van der Waals surface area contributed by atoms with Gasteiger partial charge in [0, 0.05) is 20.6 Å². The molecular formula is C9H16N4O3. The smallest absolute Gasteiger partial charge is 0.234 e. The van der Waals surface area contributed by atoms with E-state index in [1.54, 1.807) is 14.0 Å². The lowest BCUT2D eigenvalue weighted by atomic mass is 10.5. The van der Waals surface area contributed by atoms with Gasteiger partial charge in [-0.2, -0.15) is 4.98 Å². The second-order valence-corrected chi connectivity index (χ2v) is 3.18. The second-order valence-electron chi connectivity index (χ2n) is 3.18. The Balaban J connectivity index is 2.10. The molecule has 0 aliphatic heterocycles. The zero-order valence-electron chi connectivity index (χ0n) is 9.45. The van der Waals surface area contributed by atoms with Crippen LogP contribution >= 0.6 is 0 Å². The highest BCUT2D eigenvalue weighted by Crippen LogP contribution is 1.93. The fourth-order valence-corrected chi connectivity index (χ4v) is 1.03. The van der Waals surface area contributed by atoms with E-state index >= 15 is 0 Å². The van der Waals surface area contributed by atoms with Crippen LogP contribution in [-0.2, 0) is 16.1 Å². The normalized spacial score (nSPS) is 10.4. The third kappa shape index (κ3) is 4.85. The molecule has 2 N–H and O–H groups in total. The molecule has 7 heteroatoms. The van der Waals surface area contributed by atoms with E-state index in [4.69, 9.17) is 9.26 Å². The molecule has 0 saturated carbocycles. The molecule has 0 bridgehead atoms. The van der Waals surface area contributed by atoms with E-state index in [1.807, 2.05) is 0 Å². The van der Waals surface area contributed by atoms with Crippen LogP contribution in [0.5, 0.6) is 0 Å². The minimum atomic E-state index is -0.112. The Hall–Kier alpha value is -1.47. The van der Waals surface area contributed by atoms with Gasteiger partial charge >= 0.3 is 0 Å². The average molecular weight is 228 g/mol. The van der Waals surface area contributed by atoms with Crippen molar-refractivity contribution >= 4 is 5.91 Å². The van der Waals surface area contributed by atoms with Crippen molar-refractivity contribution in [1.82, 2.24) is 20.8 Å². The highest BCUT2D eigenvalue weighted by atomic mass is 16.5. The molecule has 90 valence electrons. The zero-order valence-corrected chi connectivity index (χ0v) is 9.45. The maximum absolute atomic E-state index is 11.3. The largest absolute Gasteiger partial charge is 0.383 e. The van der Waals surface area contributed by atoms with Crippen molar-refractivity contribution in [1.29, 1.82) is 0 Å². The topological polar surface area (TPSA) is 89.3 Å². The van der Waals surface area contributed by atoms with E-state index in [0.29, 0.717) is 24.9 Å². The summed E-state index contributed by atoms with van der Waals surface area (Å²) in [5, 5.41) is 9.24. The van der Waals surface area contributed by atoms with Crippen molar-refractivity contribution in [2.24, 2.45) is 0 Å². The summed E-state index contributed by atoms with van der Waals surface area (Å²) in [6.07, 6.45) is 0. The molecular weight excluding hydrogens is 212 g/mol. The Kier molecular flexibility index (Phi) is 5.44. The van der Waals surface area contributed by atoms with E-state index in [-0.39, 0.29) is 19.0 Å². The molecule has 16 heavy (non-hydrogen) atoms. The molecule has 1 rings (SSSR count). The predicted molar refractivity (Wildman–Crippen MR) is 55.6 cm³/mol. The summed E-state index contributed by atoms with van der Waals surface area (Å²) in [4.78, 5) is 15.2. The molecule has 1 aromatic heterocycles. The van der Waals surface area contributed by atoms with Gasteiger partial charge in [0.25, 0.3) is 0 Å². The number of rotatable bonds is 7. The molecule has 1 heterocycles. The van der Waals surface area contributed by atoms with Crippen LogP contribution in [0.2, 0.25) is 0 Å². The molecule has 0 spiro atoms. The van der Waals surface area contributed by atoms with E-state index in [2.05, 4.69) is 20.8 Å². The molecule has 0 saturated heterocycles. The van der Waals surface area contributed by atoms with Crippen molar-refractivity contribution in [3.63, 3.8) is 0 Å². The number of hydrogen-bond acceptors (Lipinski definition) is 6. The fourth-order valence-electron chi connectivity index (χ4n) is 1.03. The van der Waals surface area contributed by atoms with Crippen molar-refractivity contribution in [3.8, 4) is 0 Å².